The number of rotatable bonds is 4. The van der Waals surface area contributed by atoms with E-state index in [-0.39, 0.29) is 13.4 Å². The number of anilines is 12. The van der Waals surface area contributed by atoms with Gasteiger partial charge in [-0.15, -0.1) is 0 Å². The molecule has 0 unspecified atom stereocenters. The van der Waals surface area contributed by atoms with Crippen LogP contribution in [-0.4, -0.2) is 13.4 Å². The lowest BCUT2D eigenvalue weighted by molar-refractivity contribution is 1.24. The van der Waals surface area contributed by atoms with Gasteiger partial charge in [0, 0.05) is 68.2 Å². The van der Waals surface area contributed by atoms with Gasteiger partial charge in [0.25, 0.3) is 13.4 Å². The summed E-state index contributed by atoms with van der Waals surface area (Å²) in [6.07, 6.45) is 0. The second kappa shape index (κ2) is 17.2. The highest BCUT2D eigenvalue weighted by molar-refractivity contribution is 7.03. The number of para-hydroxylation sites is 4. The maximum absolute atomic E-state index is 2.49. The standard InChI is InChI=1S/2C37H25BN2/c2*1-24-22-33-37-34(23-24)40(26-14-6-3-7-15-26)32-21-11-19-30-28-17-9-8-16-27(28)29-18-10-20-31(35(29)38(37)36(30)32)39(33)25-12-4-2-5-13-25/h2*2-23H,1H3. The average molecular weight is 1020 g/mol. The minimum absolute atomic E-state index is 0.135. The topological polar surface area (TPSA) is 13.0 Å². The van der Waals surface area contributed by atoms with Crippen molar-refractivity contribution in [2.24, 2.45) is 0 Å². The molecule has 0 aromatic heterocycles. The fourth-order valence-electron chi connectivity index (χ4n) is 14.7. The minimum Gasteiger partial charge on any atom is -0.311 e. The second-order valence-electron chi connectivity index (χ2n) is 22.0. The third kappa shape index (κ3) is 6.30. The van der Waals surface area contributed by atoms with Gasteiger partial charge in [-0.05, 0) is 199 Å². The van der Waals surface area contributed by atoms with E-state index in [0.717, 1.165) is 0 Å². The van der Waals surface area contributed by atoms with E-state index in [1.54, 1.807) is 0 Å². The van der Waals surface area contributed by atoms with Crippen molar-refractivity contribution in [1.82, 2.24) is 0 Å². The number of nitrogens with zero attached hydrogens (tertiary/aromatic N) is 4. The van der Waals surface area contributed by atoms with E-state index >= 15 is 0 Å². The number of aryl methyl sites for hydroxylation is 2. The van der Waals surface area contributed by atoms with Crippen LogP contribution >= 0.6 is 0 Å². The lowest BCUT2D eigenvalue weighted by atomic mass is 9.32. The van der Waals surface area contributed by atoms with Crippen LogP contribution in [0.15, 0.2) is 267 Å². The maximum atomic E-state index is 2.49. The average Bonchev–Trinajstić information content (AvgIpc) is 3.93. The molecule has 0 spiro atoms. The molecule has 0 amide bonds. The van der Waals surface area contributed by atoms with Crippen molar-refractivity contribution in [3.05, 3.63) is 278 Å². The first-order chi connectivity index (χ1) is 39.6. The molecule has 80 heavy (non-hydrogen) atoms. The van der Waals surface area contributed by atoms with Crippen LogP contribution in [0, 0.1) is 13.8 Å². The number of fused-ring (bicyclic) bond motifs is 6. The quantitative estimate of drug-likeness (QED) is 0.163. The van der Waals surface area contributed by atoms with Crippen molar-refractivity contribution in [1.29, 1.82) is 0 Å². The molecule has 4 nitrogen and oxygen atoms in total. The Morgan fingerprint density at radius 2 is 0.412 bits per heavy atom. The monoisotopic (exact) mass is 1020 g/mol. The Bertz CT molecular complexity index is 3970. The highest BCUT2D eigenvalue weighted by Gasteiger charge is 2.49. The first kappa shape index (κ1) is 45.0. The summed E-state index contributed by atoms with van der Waals surface area (Å²) >= 11 is 0. The van der Waals surface area contributed by atoms with Gasteiger partial charge >= 0.3 is 0 Å². The van der Waals surface area contributed by atoms with Crippen LogP contribution in [0.5, 0.6) is 0 Å². The molecule has 12 aromatic rings. The van der Waals surface area contributed by atoms with Crippen LogP contribution in [0.1, 0.15) is 11.1 Å². The van der Waals surface area contributed by atoms with Crippen LogP contribution < -0.4 is 52.4 Å². The molecule has 0 atom stereocenters. The zero-order chi connectivity index (χ0) is 52.7. The molecule has 6 heterocycles. The van der Waals surface area contributed by atoms with Gasteiger partial charge in [-0.25, -0.2) is 0 Å². The summed E-state index contributed by atoms with van der Waals surface area (Å²) in [5.74, 6) is 0. The molecule has 372 valence electrons. The molecule has 18 rings (SSSR count). The van der Waals surface area contributed by atoms with Gasteiger partial charge in [0.15, 0.2) is 0 Å². The molecule has 0 N–H and O–H groups in total. The Kier molecular flexibility index (Phi) is 9.70. The zero-order valence-electron chi connectivity index (χ0n) is 44.3. The molecule has 6 heteroatoms. The van der Waals surface area contributed by atoms with E-state index in [4.69, 9.17) is 0 Å². The Balaban J connectivity index is 0.000000128. The number of hydrogen-bond acceptors (Lipinski definition) is 4. The van der Waals surface area contributed by atoms with Crippen LogP contribution in [0.4, 0.5) is 68.2 Å². The summed E-state index contributed by atoms with van der Waals surface area (Å²) in [7, 11) is 0. The fourth-order valence-corrected chi connectivity index (χ4v) is 14.7. The lowest BCUT2D eigenvalue weighted by Gasteiger charge is -2.44. The van der Waals surface area contributed by atoms with Crippen LogP contribution in [0.25, 0.3) is 44.5 Å². The van der Waals surface area contributed by atoms with Crippen LogP contribution in [-0.2, 0) is 0 Å². The van der Waals surface area contributed by atoms with E-state index < -0.39 is 0 Å². The van der Waals surface area contributed by atoms with E-state index in [0.29, 0.717) is 0 Å². The Morgan fingerprint density at radius 1 is 0.200 bits per heavy atom. The summed E-state index contributed by atoms with van der Waals surface area (Å²) in [5.41, 5.74) is 36.3. The Hall–Kier alpha value is -10.0. The van der Waals surface area contributed by atoms with Crippen molar-refractivity contribution in [3.8, 4) is 44.5 Å². The van der Waals surface area contributed by atoms with Gasteiger partial charge in [-0.2, -0.15) is 0 Å². The Labute approximate surface area is 467 Å². The maximum Gasteiger partial charge on any atom is 0.253 e. The van der Waals surface area contributed by atoms with E-state index in [1.807, 2.05) is 0 Å². The summed E-state index contributed by atoms with van der Waals surface area (Å²) in [5, 5.41) is 0. The van der Waals surface area contributed by atoms with Crippen molar-refractivity contribution < 1.29 is 0 Å². The molecular formula is C74H50B2N4. The van der Waals surface area contributed by atoms with Crippen molar-refractivity contribution >= 4 is 114 Å². The Morgan fingerprint density at radius 3 is 0.650 bits per heavy atom. The van der Waals surface area contributed by atoms with Gasteiger partial charge < -0.3 is 19.6 Å². The van der Waals surface area contributed by atoms with Crippen molar-refractivity contribution in [3.63, 3.8) is 0 Å². The van der Waals surface area contributed by atoms with Gasteiger partial charge in [0.05, 0.1) is 0 Å². The molecule has 0 saturated carbocycles. The minimum atomic E-state index is 0.135. The second-order valence-corrected chi connectivity index (χ2v) is 22.0. The van der Waals surface area contributed by atoms with Gasteiger partial charge in [-0.3, -0.25) is 0 Å². The molecule has 0 bridgehead atoms. The smallest absolute Gasteiger partial charge is 0.253 e. The van der Waals surface area contributed by atoms with E-state index in [9.17, 15) is 0 Å². The predicted molar refractivity (Wildman–Crippen MR) is 339 cm³/mol. The number of benzene rings is 12. The molecule has 6 aliphatic rings. The van der Waals surface area contributed by atoms with Gasteiger partial charge in [0.2, 0.25) is 0 Å². The molecule has 0 aliphatic carbocycles. The van der Waals surface area contributed by atoms with Crippen LogP contribution in [0.3, 0.4) is 0 Å². The highest BCUT2D eigenvalue weighted by Crippen LogP contribution is 2.51. The normalized spacial score (nSPS) is 13.5. The molecule has 0 radical (unpaired) electrons. The van der Waals surface area contributed by atoms with Crippen molar-refractivity contribution in [2.45, 2.75) is 13.8 Å². The van der Waals surface area contributed by atoms with Gasteiger partial charge in [0.1, 0.15) is 0 Å². The molecule has 6 aliphatic heterocycles. The largest absolute Gasteiger partial charge is 0.311 e. The summed E-state index contributed by atoms with van der Waals surface area (Å²) in [6, 6.07) is 98.4. The lowest BCUT2D eigenvalue weighted by Crippen LogP contribution is -2.62. The zero-order valence-corrected chi connectivity index (χ0v) is 44.3. The number of hydrogen-bond donors (Lipinski definition) is 0. The predicted octanol–water partition coefficient (Wildman–Crippen LogP) is 15.5. The summed E-state index contributed by atoms with van der Waals surface area (Å²) in [4.78, 5) is 9.97. The third-order valence-corrected chi connectivity index (χ3v) is 17.6. The molecule has 0 fully saturated rings. The van der Waals surface area contributed by atoms with Gasteiger partial charge in [-0.1, -0.05) is 170 Å². The summed E-state index contributed by atoms with van der Waals surface area (Å²) < 4.78 is 0. The third-order valence-electron chi connectivity index (χ3n) is 17.6. The summed E-state index contributed by atoms with van der Waals surface area (Å²) in [6.45, 7) is 4.72. The first-order valence-corrected chi connectivity index (χ1v) is 28.0. The first-order valence-electron chi connectivity index (χ1n) is 28.0. The molecule has 12 aromatic carbocycles. The van der Waals surface area contributed by atoms with Crippen LogP contribution in [0.2, 0.25) is 0 Å². The molecule has 0 saturated heterocycles. The molecular weight excluding hydrogens is 966 g/mol. The van der Waals surface area contributed by atoms with Crippen molar-refractivity contribution in [2.75, 3.05) is 19.6 Å². The highest BCUT2D eigenvalue weighted by atomic mass is 15.2. The SMILES string of the molecule is Cc1cc2c3c(c1)N(c1ccccc1)c1cccc4c1B3c1c(cccc1N2c1ccccc1)-c1ccccc1-4.Cc1cc2c3c(c1)N(c1ccccc1)c1cccc4c1B3c1c(cccc1N2c1ccccc1)-c1ccccc1-4. The fraction of sp³-hybridized carbons (Fsp3) is 0.0270. The van der Waals surface area contributed by atoms with E-state index in [2.05, 4.69) is 300 Å². The van der Waals surface area contributed by atoms with E-state index in [1.165, 1.54) is 157 Å².